The van der Waals surface area contributed by atoms with Crippen molar-refractivity contribution in [2.24, 2.45) is 0 Å². The Morgan fingerprint density at radius 3 is 2.95 bits per heavy atom. The van der Waals surface area contributed by atoms with Crippen LogP contribution in [0.5, 0.6) is 0 Å². The van der Waals surface area contributed by atoms with Crippen LogP contribution in [-0.2, 0) is 13.0 Å². The molecule has 0 amide bonds. The molecular formula is C13H12BrClN4S. The Kier molecular flexibility index (Phi) is 4.05. The van der Waals surface area contributed by atoms with Crippen molar-refractivity contribution < 1.29 is 0 Å². The van der Waals surface area contributed by atoms with Gasteiger partial charge in [-0.1, -0.05) is 0 Å². The molecule has 0 saturated heterocycles. The van der Waals surface area contributed by atoms with Gasteiger partial charge in [0.15, 0.2) is 5.65 Å². The van der Waals surface area contributed by atoms with Gasteiger partial charge in [0.25, 0.3) is 0 Å². The van der Waals surface area contributed by atoms with Gasteiger partial charge < -0.3 is 4.57 Å². The molecule has 0 saturated carbocycles. The van der Waals surface area contributed by atoms with Crippen molar-refractivity contribution in [1.29, 1.82) is 0 Å². The standard InChI is InChI=1S/C13H12BrClN4S/c1-8-17-10(7-20-8)6-19-12(2-3-15)18-11-4-9(14)5-16-13(11)19/h4-5,7H,2-3,6H2,1H3. The van der Waals surface area contributed by atoms with Gasteiger partial charge in [0, 0.05) is 28.4 Å². The summed E-state index contributed by atoms with van der Waals surface area (Å²) in [5.74, 6) is 1.49. The molecule has 7 heteroatoms. The Bertz CT molecular complexity index is 752. The summed E-state index contributed by atoms with van der Waals surface area (Å²) >= 11 is 11.0. The fourth-order valence-corrected chi connectivity index (χ4v) is 3.21. The normalized spacial score (nSPS) is 11.3. The SMILES string of the molecule is Cc1nc(Cn2c(CCCl)nc3cc(Br)cnc32)cs1. The molecule has 4 nitrogen and oxygen atoms in total. The lowest BCUT2D eigenvalue weighted by Crippen LogP contribution is -2.07. The average molecular weight is 372 g/mol. The summed E-state index contributed by atoms with van der Waals surface area (Å²) in [6, 6.07) is 1.98. The topological polar surface area (TPSA) is 43.6 Å². The molecule has 3 rings (SSSR count). The van der Waals surface area contributed by atoms with Gasteiger partial charge in [-0.2, -0.15) is 0 Å². The number of fused-ring (bicyclic) bond motifs is 1. The van der Waals surface area contributed by atoms with Gasteiger partial charge in [-0.05, 0) is 28.9 Å². The Labute approximate surface area is 134 Å². The summed E-state index contributed by atoms with van der Waals surface area (Å²) in [6.07, 6.45) is 2.51. The number of rotatable bonds is 4. The largest absolute Gasteiger partial charge is 0.307 e. The summed E-state index contributed by atoms with van der Waals surface area (Å²) in [4.78, 5) is 13.6. The fourth-order valence-electron chi connectivity index (χ4n) is 2.12. The highest BCUT2D eigenvalue weighted by Gasteiger charge is 2.13. The van der Waals surface area contributed by atoms with Crippen molar-refractivity contribution in [1.82, 2.24) is 19.5 Å². The van der Waals surface area contributed by atoms with Crippen molar-refractivity contribution in [2.45, 2.75) is 19.9 Å². The van der Waals surface area contributed by atoms with Crippen LogP contribution in [0.4, 0.5) is 0 Å². The molecule has 0 aliphatic carbocycles. The number of imidazole rings is 1. The molecule has 0 aliphatic rings. The van der Waals surface area contributed by atoms with Crippen LogP contribution in [0, 0.1) is 6.92 Å². The van der Waals surface area contributed by atoms with E-state index < -0.39 is 0 Å². The lowest BCUT2D eigenvalue weighted by Gasteiger charge is -2.05. The van der Waals surface area contributed by atoms with E-state index in [0.717, 1.165) is 38.6 Å². The van der Waals surface area contributed by atoms with Crippen LogP contribution in [0.25, 0.3) is 11.2 Å². The smallest absolute Gasteiger partial charge is 0.160 e. The van der Waals surface area contributed by atoms with Crippen molar-refractivity contribution in [2.75, 3.05) is 5.88 Å². The van der Waals surface area contributed by atoms with Crippen molar-refractivity contribution in [3.8, 4) is 0 Å². The van der Waals surface area contributed by atoms with Crippen LogP contribution in [-0.4, -0.2) is 25.4 Å². The first kappa shape index (κ1) is 14.0. The molecule has 3 heterocycles. The third-order valence-corrected chi connectivity index (χ3v) is 4.38. The second-order valence-corrected chi connectivity index (χ2v) is 6.76. The molecule has 3 aromatic heterocycles. The van der Waals surface area contributed by atoms with Crippen molar-refractivity contribution >= 4 is 50.0 Å². The van der Waals surface area contributed by atoms with E-state index in [4.69, 9.17) is 11.6 Å². The van der Waals surface area contributed by atoms with Gasteiger partial charge >= 0.3 is 0 Å². The number of thiazole rings is 1. The zero-order valence-corrected chi connectivity index (χ0v) is 14.0. The van der Waals surface area contributed by atoms with Crippen LogP contribution in [0.15, 0.2) is 22.1 Å². The van der Waals surface area contributed by atoms with E-state index in [1.165, 1.54) is 0 Å². The molecule has 0 aliphatic heterocycles. The molecule has 0 aromatic carbocycles. The zero-order chi connectivity index (χ0) is 14.1. The minimum Gasteiger partial charge on any atom is -0.307 e. The van der Waals surface area contributed by atoms with Crippen LogP contribution < -0.4 is 0 Å². The summed E-state index contributed by atoms with van der Waals surface area (Å²) in [5.41, 5.74) is 2.79. The summed E-state index contributed by atoms with van der Waals surface area (Å²) in [5, 5.41) is 3.14. The van der Waals surface area contributed by atoms with Gasteiger partial charge in [0.05, 0.1) is 17.2 Å². The Morgan fingerprint density at radius 1 is 1.40 bits per heavy atom. The fraction of sp³-hybridized carbons (Fsp3) is 0.308. The second kappa shape index (κ2) is 5.79. The number of nitrogens with zero attached hydrogens (tertiary/aromatic N) is 4. The molecule has 0 fully saturated rings. The lowest BCUT2D eigenvalue weighted by molar-refractivity contribution is 0.733. The molecular weight excluding hydrogens is 360 g/mol. The number of alkyl halides is 1. The highest BCUT2D eigenvalue weighted by atomic mass is 79.9. The van der Waals surface area contributed by atoms with Crippen LogP contribution >= 0.6 is 38.9 Å². The number of aromatic nitrogens is 4. The first-order valence-electron chi connectivity index (χ1n) is 6.15. The second-order valence-electron chi connectivity index (χ2n) is 4.41. The minimum atomic E-state index is 0.542. The molecule has 104 valence electrons. The number of pyridine rings is 1. The predicted octanol–water partition coefficient (Wildman–Crippen LogP) is 3.79. The number of hydrogen-bond acceptors (Lipinski definition) is 4. The molecule has 0 atom stereocenters. The van der Waals surface area contributed by atoms with E-state index in [0.29, 0.717) is 12.4 Å². The Balaban J connectivity index is 2.08. The zero-order valence-electron chi connectivity index (χ0n) is 10.8. The molecule has 0 unspecified atom stereocenters. The maximum atomic E-state index is 5.88. The first-order valence-corrected chi connectivity index (χ1v) is 8.35. The molecule has 20 heavy (non-hydrogen) atoms. The highest BCUT2D eigenvalue weighted by Crippen LogP contribution is 2.21. The maximum Gasteiger partial charge on any atom is 0.160 e. The van der Waals surface area contributed by atoms with Gasteiger partial charge in [0.2, 0.25) is 0 Å². The van der Waals surface area contributed by atoms with Gasteiger partial charge in [-0.25, -0.2) is 15.0 Å². The number of halogens is 2. The minimum absolute atomic E-state index is 0.542. The average Bonchev–Trinajstić information content (AvgIpc) is 2.95. The number of hydrogen-bond donors (Lipinski definition) is 0. The summed E-state index contributed by atoms with van der Waals surface area (Å²) < 4.78 is 3.02. The van der Waals surface area contributed by atoms with Crippen LogP contribution in [0.1, 0.15) is 16.5 Å². The molecule has 3 aromatic rings. The third-order valence-electron chi connectivity index (χ3n) is 2.94. The Morgan fingerprint density at radius 2 is 2.25 bits per heavy atom. The molecule has 0 spiro atoms. The van der Waals surface area contributed by atoms with Gasteiger partial charge in [0.1, 0.15) is 11.3 Å². The van der Waals surface area contributed by atoms with Gasteiger partial charge in [-0.3, -0.25) is 0 Å². The summed E-state index contributed by atoms with van der Waals surface area (Å²) in [6.45, 7) is 2.69. The van der Waals surface area contributed by atoms with Crippen molar-refractivity contribution in [3.63, 3.8) is 0 Å². The maximum absolute atomic E-state index is 5.88. The van der Waals surface area contributed by atoms with E-state index in [9.17, 15) is 0 Å². The highest BCUT2D eigenvalue weighted by molar-refractivity contribution is 9.10. The monoisotopic (exact) mass is 370 g/mol. The van der Waals surface area contributed by atoms with E-state index >= 15 is 0 Å². The quantitative estimate of drug-likeness (QED) is 0.655. The van der Waals surface area contributed by atoms with Crippen LogP contribution in [0.2, 0.25) is 0 Å². The molecule has 0 bridgehead atoms. The predicted molar refractivity (Wildman–Crippen MR) is 85.6 cm³/mol. The van der Waals surface area contributed by atoms with Crippen LogP contribution in [0.3, 0.4) is 0 Å². The molecule has 0 N–H and O–H groups in total. The van der Waals surface area contributed by atoms with Gasteiger partial charge in [-0.15, -0.1) is 22.9 Å². The van der Waals surface area contributed by atoms with E-state index in [-0.39, 0.29) is 0 Å². The molecule has 0 radical (unpaired) electrons. The summed E-state index contributed by atoms with van der Waals surface area (Å²) in [7, 11) is 0. The Hall–Kier alpha value is -0.980. The third kappa shape index (κ3) is 2.73. The first-order chi connectivity index (χ1) is 9.67. The van der Waals surface area contributed by atoms with E-state index in [1.807, 2.05) is 13.0 Å². The number of aryl methyl sites for hydroxylation is 2. The van der Waals surface area contributed by atoms with Crippen molar-refractivity contribution in [3.05, 3.63) is 38.6 Å². The van der Waals surface area contributed by atoms with E-state index in [1.54, 1.807) is 17.5 Å². The lowest BCUT2D eigenvalue weighted by atomic mass is 10.4. The van der Waals surface area contributed by atoms with E-state index in [2.05, 4.69) is 40.8 Å².